The van der Waals surface area contributed by atoms with Gasteiger partial charge in [0.2, 0.25) is 0 Å². The summed E-state index contributed by atoms with van der Waals surface area (Å²) in [7, 11) is 0. The summed E-state index contributed by atoms with van der Waals surface area (Å²) < 4.78 is 36.1. The van der Waals surface area contributed by atoms with Crippen LogP contribution < -0.4 is 0 Å². The minimum atomic E-state index is -4.36. The van der Waals surface area contributed by atoms with Gasteiger partial charge >= 0.3 is 6.18 Å². The van der Waals surface area contributed by atoms with Crippen LogP contribution in [-0.4, -0.2) is 12.4 Å². The molecule has 4 heteroatoms. The molecule has 0 aliphatic carbocycles. The predicted octanol–water partition coefficient (Wildman–Crippen LogP) is 3.49. The zero-order valence-corrected chi connectivity index (χ0v) is 7.60. The van der Waals surface area contributed by atoms with Crippen molar-refractivity contribution in [1.82, 2.24) is 0 Å². The highest BCUT2D eigenvalue weighted by Gasteiger charge is 2.32. The van der Waals surface area contributed by atoms with Gasteiger partial charge in [0.1, 0.15) is 5.70 Å². The van der Waals surface area contributed by atoms with Gasteiger partial charge in [0.05, 0.1) is 0 Å². The minimum Gasteiger partial charge on any atom is -0.252 e. The zero-order valence-electron chi connectivity index (χ0n) is 7.60. The highest BCUT2D eigenvalue weighted by molar-refractivity contribution is 5.72. The van der Waals surface area contributed by atoms with Crippen molar-refractivity contribution in [3.8, 4) is 0 Å². The SMILES string of the molecule is C/C=C(\N=CC=CCC)C(F)(F)F. The summed E-state index contributed by atoms with van der Waals surface area (Å²) in [4.78, 5) is 3.28. The van der Waals surface area contributed by atoms with Gasteiger partial charge in [0, 0.05) is 6.21 Å². The van der Waals surface area contributed by atoms with Crippen molar-refractivity contribution in [3.05, 3.63) is 23.9 Å². The van der Waals surface area contributed by atoms with E-state index in [1.54, 1.807) is 6.08 Å². The van der Waals surface area contributed by atoms with Crippen LogP contribution >= 0.6 is 0 Å². The summed E-state index contributed by atoms with van der Waals surface area (Å²) in [6.45, 7) is 3.20. The molecule has 0 fully saturated rings. The molecule has 0 aliphatic rings. The van der Waals surface area contributed by atoms with Crippen molar-refractivity contribution in [2.75, 3.05) is 0 Å². The van der Waals surface area contributed by atoms with Crippen LogP contribution in [0.5, 0.6) is 0 Å². The second-order valence-corrected chi connectivity index (χ2v) is 2.29. The first-order valence-corrected chi connectivity index (χ1v) is 3.95. The second-order valence-electron chi connectivity index (χ2n) is 2.29. The maximum Gasteiger partial charge on any atom is 0.432 e. The first-order valence-electron chi connectivity index (χ1n) is 3.95. The van der Waals surface area contributed by atoms with Crippen LogP contribution in [0.3, 0.4) is 0 Å². The lowest BCUT2D eigenvalue weighted by molar-refractivity contribution is -0.0923. The highest BCUT2D eigenvalue weighted by atomic mass is 19.4. The maximum atomic E-state index is 12.0. The van der Waals surface area contributed by atoms with E-state index >= 15 is 0 Å². The van der Waals surface area contributed by atoms with E-state index in [1.165, 1.54) is 13.0 Å². The van der Waals surface area contributed by atoms with Crippen molar-refractivity contribution in [3.63, 3.8) is 0 Å². The number of hydrogen-bond donors (Lipinski definition) is 0. The van der Waals surface area contributed by atoms with E-state index in [-0.39, 0.29) is 0 Å². The smallest absolute Gasteiger partial charge is 0.252 e. The summed E-state index contributed by atoms with van der Waals surface area (Å²) in [6.07, 6.45) is 1.74. The first kappa shape index (κ1) is 11.9. The average molecular weight is 191 g/mol. The normalized spacial score (nSPS) is 14.7. The Morgan fingerprint density at radius 1 is 1.38 bits per heavy atom. The van der Waals surface area contributed by atoms with Crippen LogP contribution in [-0.2, 0) is 0 Å². The predicted molar refractivity (Wildman–Crippen MR) is 47.7 cm³/mol. The van der Waals surface area contributed by atoms with Crippen LogP contribution in [0.25, 0.3) is 0 Å². The minimum absolute atomic E-state index is 0.781. The lowest BCUT2D eigenvalue weighted by Gasteiger charge is -2.04. The molecule has 0 spiro atoms. The third-order valence-electron chi connectivity index (χ3n) is 1.24. The number of rotatable bonds is 3. The van der Waals surface area contributed by atoms with Crippen LogP contribution in [0.1, 0.15) is 20.3 Å². The van der Waals surface area contributed by atoms with Gasteiger partial charge < -0.3 is 0 Å². The molecule has 0 aromatic rings. The van der Waals surface area contributed by atoms with Crippen molar-refractivity contribution >= 4 is 6.21 Å². The number of allylic oxidation sites excluding steroid dienone is 4. The molecule has 0 atom stereocenters. The van der Waals surface area contributed by atoms with E-state index in [2.05, 4.69) is 4.99 Å². The Hall–Kier alpha value is -1.06. The van der Waals surface area contributed by atoms with Gasteiger partial charge in [0.15, 0.2) is 0 Å². The van der Waals surface area contributed by atoms with E-state index in [0.29, 0.717) is 0 Å². The van der Waals surface area contributed by atoms with Gasteiger partial charge in [-0.25, -0.2) is 0 Å². The van der Waals surface area contributed by atoms with Gasteiger partial charge in [-0.05, 0) is 19.4 Å². The van der Waals surface area contributed by atoms with Gasteiger partial charge in [-0.1, -0.05) is 19.1 Å². The molecule has 74 valence electrons. The Morgan fingerprint density at radius 3 is 2.38 bits per heavy atom. The molecule has 0 amide bonds. The molecule has 0 aromatic carbocycles. The molecule has 0 saturated carbocycles. The Bertz CT molecular complexity index is 224. The van der Waals surface area contributed by atoms with Crippen LogP contribution in [0.4, 0.5) is 13.2 Å². The van der Waals surface area contributed by atoms with Crippen LogP contribution in [0, 0.1) is 0 Å². The van der Waals surface area contributed by atoms with Crippen molar-refractivity contribution in [2.45, 2.75) is 26.4 Å². The molecule has 1 nitrogen and oxygen atoms in total. The standard InChI is InChI=1S/C9H12F3N/c1-3-5-6-7-13-8(4-2)9(10,11)12/h4-7H,3H2,1-2H3/b6-5?,8-4-,13-7?. The molecule has 0 unspecified atom stereocenters. The quantitative estimate of drug-likeness (QED) is 0.605. The monoisotopic (exact) mass is 191 g/mol. The Morgan fingerprint density at radius 2 is 2.00 bits per heavy atom. The summed E-state index contributed by atoms with van der Waals surface area (Å²) in [5.74, 6) is 0. The second kappa shape index (κ2) is 5.56. The molecule has 13 heavy (non-hydrogen) atoms. The van der Waals surface area contributed by atoms with Crippen LogP contribution in [0.15, 0.2) is 28.9 Å². The summed E-state index contributed by atoms with van der Waals surface area (Å²) in [6, 6.07) is 0. The zero-order chi connectivity index (χ0) is 10.3. The van der Waals surface area contributed by atoms with E-state index in [1.807, 2.05) is 6.92 Å². The molecule has 0 heterocycles. The fraction of sp³-hybridized carbons (Fsp3) is 0.444. The molecular weight excluding hydrogens is 179 g/mol. The number of alkyl halides is 3. The van der Waals surface area contributed by atoms with Gasteiger partial charge in [0.25, 0.3) is 0 Å². The van der Waals surface area contributed by atoms with E-state index < -0.39 is 11.9 Å². The molecule has 0 aromatic heterocycles. The fourth-order valence-corrected chi connectivity index (χ4v) is 0.632. The highest BCUT2D eigenvalue weighted by Crippen LogP contribution is 2.25. The van der Waals surface area contributed by atoms with E-state index in [4.69, 9.17) is 0 Å². The van der Waals surface area contributed by atoms with E-state index in [0.717, 1.165) is 18.7 Å². The summed E-state index contributed by atoms with van der Waals surface area (Å²) >= 11 is 0. The molecular formula is C9H12F3N. The maximum absolute atomic E-state index is 12.0. The molecule has 0 rings (SSSR count). The average Bonchev–Trinajstić information content (AvgIpc) is 2.02. The van der Waals surface area contributed by atoms with Gasteiger partial charge in [-0.2, -0.15) is 13.2 Å². The van der Waals surface area contributed by atoms with E-state index in [9.17, 15) is 13.2 Å². The number of hydrogen-bond acceptors (Lipinski definition) is 1. The van der Waals surface area contributed by atoms with Gasteiger partial charge in [-0.15, -0.1) is 0 Å². The third kappa shape index (κ3) is 5.22. The van der Waals surface area contributed by atoms with Crippen molar-refractivity contribution in [2.24, 2.45) is 4.99 Å². The van der Waals surface area contributed by atoms with Crippen molar-refractivity contribution < 1.29 is 13.2 Å². The lowest BCUT2D eigenvalue weighted by atomic mass is 10.4. The third-order valence-corrected chi connectivity index (χ3v) is 1.24. The Kier molecular flexibility index (Phi) is 5.11. The Labute approximate surface area is 75.7 Å². The fourth-order valence-electron chi connectivity index (χ4n) is 0.632. The molecule has 0 radical (unpaired) electrons. The Balaban J connectivity index is 4.32. The largest absolute Gasteiger partial charge is 0.432 e. The molecule has 0 aliphatic heterocycles. The number of halogens is 3. The molecule has 0 N–H and O–H groups in total. The number of nitrogens with zero attached hydrogens (tertiary/aromatic N) is 1. The lowest BCUT2D eigenvalue weighted by Crippen LogP contribution is -2.09. The van der Waals surface area contributed by atoms with Gasteiger partial charge in [-0.3, -0.25) is 4.99 Å². The molecule has 0 saturated heterocycles. The number of aliphatic imine (C=N–C) groups is 1. The molecule has 0 bridgehead atoms. The van der Waals surface area contributed by atoms with Crippen molar-refractivity contribution in [1.29, 1.82) is 0 Å². The topological polar surface area (TPSA) is 12.4 Å². The summed E-state index contributed by atoms with van der Waals surface area (Å²) in [5.41, 5.74) is -0.867. The summed E-state index contributed by atoms with van der Waals surface area (Å²) in [5, 5.41) is 0. The first-order chi connectivity index (χ1) is 6.02. The van der Waals surface area contributed by atoms with Crippen LogP contribution in [0.2, 0.25) is 0 Å².